The number of amides is 1. The van der Waals surface area contributed by atoms with Gasteiger partial charge < -0.3 is 9.88 Å². The van der Waals surface area contributed by atoms with Crippen LogP contribution < -0.4 is 0 Å². The van der Waals surface area contributed by atoms with Crippen molar-refractivity contribution < 1.29 is 13.2 Å². The molecule has 0 spiro atoms. The van der Waals surface area contributed by atoms with E-state index in [1.165, 1.54) is 29.8 Å². The average molecular weight is 388 g/mol. The quantitative estimate of drug-likeness (QED) is 0.869. The number of hydrogen-bond donors (Lipinski definition) is 1. The van der Waals surface area contributed by atoms with Crippen LogP contribution in [-0.2, 0) is 14.8 Å². The zero-order valence-electron chi connectivity index (χ0n) is 15.2. The molecule has 1 N–H and O–H groups in total. The number of carbonyl (C=O) groups excluding carboxylic acids is 1. The Bertz CT molecular complexity index is 978. The standard InChI is InChI=1S/C19H24N4O3S/c24-19(16-11-13-3-4-14(16)10-13)22-6-8-23(9-7-22)27(25,26)17-12-21-18-15(17)2-1-5-20-18/h1-2,5,12-14,16H,3-4,6-11H2,(H,20,21). The maximum absolute atomic E-state index is 13.1. The average Bonchev–Trinajstić information content (AvgIpc) is 3.42. The van der Waals surface area contributed by atoms with E-state index in [1.54, 1.807) is 18.3 Å². The van der Waals surface area contributed by atoms with E-state index >= 15 is 0 Å². The van der Waals surface area contributed by atoms with Crippen LogP contribution in [-0.4, -0.2) is 59.7 Å². The summed E-state index contributed by atoms with van der Waals surface area (Å²) in [4.78, 5) is 22.1. The summed E-state index contributed by atoms with van der Waals surface area (Å²) in [6.45, 7) is 1.66. The highest BCUT2D eigenvalue weighted by molar-refractivity contribution is 7.89. The predicted octanol–water partition coefficient (Wildman–Crippen LogP) is 1.83. The van der Waals surface area contributed by atoms with Gasteiger partial charge in [0.05, 0.1) is 0 Å². The van der Waals surface area contributed by atoms with Crippen molar-refractivity contribution >= 4 is 27.0 Å². The number of aromatic amines is 1. The van der Waals surface area contributed by atoms with Crippen LogP contribution in [0.1, 0.15) is 25.7 Å². The highest BCUT2D eigenvalue weighted by atomic mass is 32.2. The molecule has 2 saturated carbocycles. The highest BCUT2D eigenvalue weighted by Crippen LogP contribution is 2.49. The number of H-pyrrole nitrogens is 1. The van der Waals surface area contributed by atoms with E-state index in [1.807, 2.05) is 4.90 Å². The molecule has 2 aliphatic carbocycles. The van der Waals surface area contributed by atoms with Crippen molar-refractivity contribution in [2.45, 2.75) is 30.6 Å². The fraction of sp³-hybridized carbons (Fsp3) is 0.579. The number of hydrogen-bond acceptors (Lipinski definition) is 4. The van der Waals surface area contributed by atoms with Gasteiger partial charge >= 0.3 is 0 Å². The van der Waals surface area contributed by atoms with Gasteiger partial charge in [-0.2, -0.15) is 4.31 Å². The van der Waals surface area contributed by atoms with Gasteiger partial charge in [0.15, 0.2) is 0 Å². The van der Waals surface area contributed by atoms with E-state index < -0.39 is 10.0 Å². The lowest BCUT2D eigenvalue weighted by molar-refractivity contribution is -0.138. The second kappa shape index (κ2) is 6.31. The Balaban J connectivity index is 1.29. The Morgan fingerprint density at radius 2 is 1.96 bits per heavy atom. The number of nitrogens with one attached hydrogen (secondary N) is 1. The van der Waals surface area contributed by atoms with Gasteiger partial charge in [-0.3, -0.25) is 4.79 Å². The number of sulfonamides is 1. The van der Waals surface area contributed by atoms with Crippen LogP contribution in [0.25, 0.3) is 11.0 Å². The second-order valence-electron chi connectivity index (χ2n) is 8.06. The van der Waals surface area contributed by atoms with Crippen molar-refractivity contribution in [3.8, 4) is 0 Å². The van der Waals surface area contributed by atoms with Gasteiger partial charge in [0.25, 0.3) is 0 Å². The molecule has 3 unspecified atom stereocenters. The van der Waals surface area contributed by atoms with Gasteiger partial charge in [0, 0.05) is 49.9 Å². The molecular formula is C19H24N4O3S. The summed E-state index contributed by atoms with van der Waals surface area (Å²) in [7, 11) is -3.60. The second-order valence-corrected chi connectivity index (χ2v) is 9.97. The summed E-state index contributed by atoms with van der Waals surface area (Å²) < 4.78 is 27.6. The van der Waals surface area contributed by atoms with Crippen LogP contribution in [0.4, 0.5) is 0 Å². The van der Waals surface area contributed by atoms with Crippen molar-refractivity contribution in [1.82, 2.24) is 19.2 Å². The van der Waals surface area contributed by atoms with Crippen LogP contribution in [0.15, 0.2) is 29.4 Å². The first-order valence-electron chi connectivity index (χ1n) is 9.75. The summed E-state index contributed by atoms with van der Waals surface area (Å²) >= 11 is 0. The third kappa shape index (κ3) is 2.77. The minimum Gasteiger partial charge on any atom is -0.345 e. The van der Waals surface area contributed by atoms with Crippen molar-refractivity contribution in [3.63, 3.8) is 0 Å². The molecule has 1 saturated heterocycles. The molecule has 2 bridgehead atoms. The lowest BCUT2D eigenvalue weighted by atomic mass is 9.87. The van der Waals surface area contributed by atoms with Gasteiger partial charge in [-0.05, 0) is 43.2 Å². The fourth-order valence-electron chi connectivity index (χ4n) is 5.21. The number of rotatable bonds is 3. The SMILES string of the molecule is O=C(C1CC2CCC1C2)N1CCN(S(=O)(=O)c2c[nH]c3ncccc23)CC1. The molecule has 8 heteroatoms. The Labute approximate surface area is 158 Å². The monoisotopic (exact) mass is 388 g/mol. The van der Waals surface area contributed by atoms with Gasteiger partial charge in [-0.1, -0.05) is 6.42 Å². The lowest BCUT2D eigenvalue weighted by Crippen LogP contribution is -2.52. The normalized spacial score (nSPS) is 28.9. The molecule has 144 valence electrons. The molecule has 1 aliphatic heterocycles. The topological polar surface area (TPSA) is 86.4 Å². The predicted molar refractivity (Wildman–Crippen MR) is 100 cm³/mol. The van der Waals surface area contributed by atoms with Gasteiger partial charge in [0.1, 0.15) is 10.5 Å². The van der Waals surface area contributed by atoms with Gasteiger partial charge in [-0.15, -0.1) is 0 Å². The fourth-order valence-corrected chi connectivity index (χ4v) is 6.79. The summed E-state index contributed by atoms with van der Waals surface area (Å²) in [5.74, 6) is 1.71. The van der Waals surface area contributed by atoms with Crippen molar-refractivity contribution in [1.29, 1.82) is 0 Å². The molecule has 0 radical (unpaired) electrons. The molecule has 27 heavy (non-hydrogen) atoms. The van der Waals surface area contributed by atoms with Gasteiger partial charge in [0.2, 0.25) is 15.9 Å². The molecular weight excluding hydrogens is 364 g/mol. The van der Waals surface area contributed by atoms with Crippen molar-refractivity contribution in [3.05, 3.63) is 24.5 Å². The number of piperazine rings is 1. The summed E-state index contributed by atoms with van der Waals surface area (Å²) in [6.07, 6.45) is 7.85. The van der Waals surface area contributed by atoms with E-state index in [-0.39, 0.29) is 16.7 Å². The molecule has 7 nitrogen and oxygen atoms in total. The van der Waals surface area contributed by atoms with Crippen molar-refractivity contribution in [2.24, 2.45) is 17.8 Å². The number of aromatic nitrogens is 2. The van der Waals surface area contributed by atoms with E-state index in [0.29, 0.717) is 43.1 Å². The molecule has 3 heterocycles. The smallest absolute Gasteiger partial charge is 0.245 e. The molecule has 2 aromatic heterocycles. The molecule has 3 aliphatic rings. The first-order valence-corrected chi connectivity index (χ1v) is 11.2. The number of pyridine rings is 1. The zero-order valence-corrected chi connectivity index (χ0v) is 16.0. The molecule has 0 aromatic carbocycles. The Morgan fingerprint density at radius 3 is 2.67 bits per heavy atom. The third-order valence-corrected chi connectivity index (χ3v) is 8.58. The Hall–Kier alpha value is -1.93. The maximum atomic E-state index is 13.1. The minimum absolute atomic E-state index is 0.173. The number of fused-ring (bicyclic) bond motifs is 3. The van der Waals surface area contributed by atoms with E-state index in [0.717, 1.165) is 12.3 Å². The van der Waals surface area contributed by atoms with Crippen LogP contribution in [0, 0.1) is 17.8 Å². The zero-order chi connectivity index (χ0) is 18.6. The van der Waals surface area contributed by atoms with E-state index in [9.17, 15) is 13.2 Å². The van der Waals surface area contributed by atoms with Crippen LogP contribution in [0.2, 0.25) is 0 Å². The first kappa shape index (κ1) is 17.2. The van der Waals surface area contributed by atoms with E-state index in [4.69, 9.17) is 0 Å². The lowest BCUT2D eigenvalue weighted by Gasteiger charge is -2.36. The molecule has 1 amide bonds. The largest absolute Gasteiger partial charge is 0.345 e. The van der Waals surface area contributed by atoms with Crippen LogP contribution >= 0.6 is 0 Å². The number of nitrogens with zero attached hydrogens (tertiary/aromatic N) is 3. The molecule has 2 aromatic rings. The maximum Gasteiger partial charge on any atom is 0.245 e. The molecule has 5 rings (SSSR count). The third-order valence-electron chi connectivity index (χ3n) is 6.64. The summed E-state index contributed by atoms with van der Waals surface area (Å²) in [6, 6.07) is 3.50. The Kier molecular flexibility index (Phi) is 4.01. The van der Waals surface area contributed by atoms with Crippen molar-refractivity contribution in [2.75, 3.05) is 26.2 Å². The van der Waals surface area contributed by atoms with Crippen LogP contribution in [0.5, 0.6) is 0 Å². The Morgan fingerprint density at radius 1 is 1.15 bits per heavy atom. The van der Waals surface area contributed by atoms with Gasteiger partial charge in [-0.25, -0.2) is 13.4 Å². The first-order chi connectivity index (χ1) is 13.0. The summed E-state index contributed by atoms with van der Waals surface area (Å²) in [5, 5.41) is 0.609. The number of carbonyl (C=O) groups is 1. The minimum atomic E-state index is -3.60. The molecule has 3 atom stereocenters. The molecule has 3 fully saturated rings. The van der Waals surface area contributed by atoms with E-state index in [2.05, 4.69) is 9.97 Å². The highest BCUT2D eigenvalue weighted by Gasteiger charge is 2.45. The van der Waals surface area contributed by atoms with Crippen LogP contribution in [0.3, 0.4) is 0 Å². The summed E-state index contributed by atoms with van der Waals surface area (Å²) in [5.41, 5.74) is 0.571.